The maximum absolute atomic E-state index is 13.1. The maximum Gasteiger partial charge on any atom is 0.316 e. The van der Waals surface area contributed by atoms with Crippen molar-refractivity contribution in [1.29, 1.82) is 5.41 Å². The summed E-state index contributed by atoms with van der Waals surface area (Å²) in [7, 11) is 3.56. The van der Waals surface area contributed by atoms with E-state index in [2.05, 4.69) is 10.6 Å². The Hall–Kier alpha value is -3.33. The van der Waals surface area contributed by atoms with Crippen molar-refractivity contribution in [2.45, 2.75) is 50.7 Å². The van der Waals surface area contributed by atoms with Crippen LogP contribution in [-0.2, 0) is 4.74 Å². The highest BCUT2D eigenvalue weighted by Gasteiger charge is 2.27. The van der Waals surface area contributed by atoms with Crippen LogP contribution < -0.4 is 20.3 Å². The number of carbonyl (C=O) groups is 1. The summed E-state index contributed by atoms with van der Waals surface area (Å²) in [5.74, 6) is 0.940. The van der Waals surface area contributed by atoms with Gasteiger partial charge >= 0.3 is 5.82 Å². The van der Waals surface area contributed by atoms with Crippen molar-refractivity contribution in [3.05, 3.63) is 59.3 Å². The fraction of sp³-hybridized carbons (Fsp3) is 0.480. The zero-order valence-corrected chi connectivity index (χ0v) is 19.8. The molecule has 3 aliphatic carbocycles. The van der Waals surface area contributed by atoms with Gasteiger partial charge in [0.1, 0.15) is 5.76 Å². The largest absolute Gasteiger partial charge is 0.491 e. The molecule has 0 atom stereocenters. The molecule has 9 heteroatoms. The molecule has 0 aromatic carbocycles. The number of ether oxygens (including phenoxy) is 1. The summed E-state index contributed by atoms with van der Waals surface area (Å²) in [6.07, 6.45) is 10.4. The fourth-order valence-corrected chi connectivity index (χ4v) is 4.06. The highest BCUT2D eigenvalue weighted by molar-refractivity contribution is 6.10. The molecule has 34 heavy (non-hydrogen) atoms. The van der Waals surface area contributed by atoms with Crippen LogP contribution in [0, 0.1) is 11.3 Å². The monoisotopic (exact) mass is 468 g/mol. The number of amides is 1. The van der Waals surface area contributed by atoms with Gasteiger partial charge in [0.2, 0.25) is 5.69 Å². The Balaban J connectivity index is 1.54. The lowest BCUT2D eigenvalue weighted by Crippen LogP contribution is -2.45. The minimum absolute atomic E-state index is 0.0821. The third-order valence-electron chi connectivity index (χ3n) is 6.38. The summed E-state index contributed by atoms with van der Waals surface area (Å²) in [4.78, 5) is 14.8. The normalized spacial score (nSPS) is 23.7. The highest BCUT2D eigenvalue weighted by Crippen LogP contribution is 2.31. The standard InChI is InChI=1S/C25H33N5O4/c1-29(2)24-5-3-4-22(30(24)33)25(32)28-21-12-17(14-27-18-8-10-19(31)11-9-18)20(26)13-23(21)34-15-16-6-7-16/h3-5,12-14,16,18-19,26,31-33H,6-11,15H2,1-2H3/p+1/t18-,19-. The molecule has 3 aliphatic rings. The number of nitrogens with one attached hydrogen (secondary N) is 3. The molecule has 9 nitrogen and oxygen atoms in total. The first-order valence-electron chi connectivity index (χ1n) is 11.8. The van der Waals surface area contributed by atoms with E-state index in [1.54, 1.807) is 49.5 Å². The summed E-state index contributed by atoms with van der Waals surface area (Å²) >= 11 is 0. The molecule has 2 fully saturated rings. The molecule has 2 saturated carbocycles. The van der Waals surface area contributed by atoms with Gasteiger partial charge in [0.15, 0.2) is 0 Å². The van der Waals surface area contributed by atoms with Gasteiger partial charge in [0.05, 0.1) is 38.2 Å². The summed E-state index contributed by atoms with van der Waals surface area (Å²) in [6.45, 7) is 0.546. The van der Waals surface area contributed by atoms with Gasteiger partial charge in [0, 0.05) is 30.0 Å². The summed E-state index contributed by atoms with van der Waals surface area (Å²) in [6, 6.07) is 5.20. The Morgan fingerprint density at radius 1 is 1.21 bits per heavy atom. The van der Waals surface area contributed by atoms with Gasteiger partial charge in [0.25, 0.3) is 5.91 Å². The van der Waals surface area contributed by atoms with E-state index in [1.165, 1.54) is 6.07 Å². The van der Waals surface area contributed by atoms with Crippen molar-refractivity contribution in [2.24, 2.45) is 5.92 Å². The molecule has 0 saturated heterocycles. The summed E-state index contributed by atoms with van der Waals surface area (Å²) in [5.41, 5.74) is 1.45. The van der Waals surface area contributed by atoms with Crippen LogP contribution in [0.3, 0.4) is 0 Å². The molecule has 182 valence electrons. The smallest absolute Gasteiger partial charge is 0.316 e. The molecular weight excluding hydrogens is 434 g/mol. The third kappa shape index (κ3) is 5.77. The molecule has 5 N–H and O–H groups in total. The van der Waals surface area contributed by atoms with Gasteiger partial charge in [-0.05, 0) is 67.4 Å². The van der Waals surface area contributed by atoms with Gasteiger partial charge in [-0.3, -0.25) is 9.69 Å². The first kappa shape index (κ1) is 23.8. The maximum atomic E-state index is 13.1. The summed E-state index contributed by atoms with van der Waals surface area (Å²) < 4.78 is 6.81. The number of aromatic nitrogens is 1. The average molecular weight is 469 g/mol. The first-order chi connectivity index (χ1) is 16.3. The van der Waals surface area contributed by atoms with Crippen molar-refractivity contribution < 1.29 is 24.6 Å². The number of carbonyl (C=O) groups excluding carboxylic acids is 1. The van der Waals surface area contributed by atoms with E-state index in [-0.39, 0.29) is 17.8 Å². The lowest BCUT2D eigenvalue weighted by atomic mass is 9.93. The van der Waals surface area contributed by atoms with Crippen molar-refractivity contribution in [2.75, 3.05) is 25.6 Å². The zero-order valence-electron chi connectivity index (χ0n) is 19.8. The van der Waals surface area contributed by atoms with Gasteiger partial charge in [-0.15, -0.1) is 0 Å². The topological polar surface area (TPSA) is 122 Å². The Kier molecular flexibility index (Phi) is 7.21. The van der Waals surface area contributed by atoms with E-state index in [0.29, 0.717) is 41.1 Å². The number of hydrogen-bond acceptors (Lipinski definition) is 7. The van der Waals surface area contributed by atoms with E-state index in [9.17, 15) is 15.1 Å². The van der Waals surface area contributed by atoms with E-state index in [4.69, 9.17) is 10.1 Å². The number of hydrogen-bond donors (Lipinski definition) is 5. The van der Waals surface area contributed by atoms with Crippen molar-refractivity contribution in [1.82, 2.24) is 10.6 Å². The lowest BCUT2D eigenvalue weighted by Gasteiger charge is -2.26. The Morgan fingerprint density at radius 3 is 2.62 bits per heavy atom. The Labute approximate surface area is 199 Å². The predicted molar refractivity (Wildman–Crippen MR) is 128 cm³/mol. The second-order valence-corrected chi connectivity index (χ2v) is 9.44. The fourth-order valence-electron chi connectivity index (χ4n) is 4.06. The Bertz CT molecular complexity index is 1030. The molecule has 0 radical (unpaired) electrons. The predicted octanol–water partition coefficient (Wildman–Crippen LogP) is 2.01. The Morgan fingerprint density at radius 2 is 1.94 bits per heavy atom. The molecule has 1 heterocycles. The molecule has 0 aliphatic heterocycles. The van der Waals surface area contributed by atoms with E-state index in [0.717, 1.165) is 43.3 Å². The van der Waals surface area contributed by atoms with Crippen LogP contribution in [0.5, 0.6) is 0 Å². The SMILES string of the molecule is CN(C)c1cccc(C(=O)NC2=C/C(=C/N[C@H]3CC[C@H](O)CC3)C(=N)C=C2OCC2CC2)[n+]1O. The lowest BCUT2D eigenvalue weighted by molar-refractivity contribution is -0.895. The van der Waals surface area contributed by atoms with Crippen LogP contribution >= 0.6 is 0 Å². The van der Waals surface area contributed by atoms with Crippen LogP contribution in [0.2, 0.25) is 0 Å². The van der Waals surface area contributed by atoms with Crippen LogP contribution in [0.25, 0.3) is 0 Å². The molecular formula is C25H34N5O4+. The van der Waals surface area contributed by atoms with Gasteiger partial charge in [-0.25, -0.2) is 0 Å². The van der Waals surface area contributed by atoms with Gasteiger partial charge in [-0.1, -0.05) is 0 Å². The third-order valence-corrected chi connectivity index (χ3v) is 6.38. The van der Waals surface area contributed by atoms with Crippen LogP contribution in [0.1, 0.15) is 49.0 Å². The molecule has 1 amide bonds. The number of allylic oxidation sites excluding steroid dienone is 3. The number of rotatable bonds is 8. The number of aliphatic hydroxyl groups excluding tert-OH is 1. The van der Waals surface area contributed by atoms with Gasteiger partial charge in [-0.2, -0.15) is 0 Å². The van der Waals surface area contributed by atoms with Crippen molar-refractivity contribution in [3.63, 3.8) is 0 Å². The molecule has 0 unspecified atom stereocenters. The minimum Gasteiger partial charge on any atom is -0.491 e. The van der Waals surface area contributed by atoms with Crippen LogP contribution in [0.4, 0.5) is 5.82 Å². The second kappa shape index (κ2) is 10.3. The van der Waals surface area contributed by atoms with E-state index in [1.807, 2.05) is 0 Å². The average Bonchev–Trinajstić information content (AvgIpc) is 3.63. The van der Waals surface area contributed by atoms with E-state index < -0.39 is 5.91 Å². The molecule has 0 spiro atoms. The van der Waals surface area contributed by atoms with Crippen molar-refractivity contribution >= 4 is 17.4 Å². The molecule has 0 bridgehead atoms. The number of anilines is 1. The second-order valence-electron chi connectivity index (χ2n) is 9.44. The molecule has 1 aromatic heterocycles. The zero-order chi connectivity index (χ0) is 24.2. The number of pyridine rings is 1. The minimum atomic E-state index is -0.486. The number of nitrogens with zero attached hydrogens (tertiary/aromatic N) is 2. The molecule has 1 aromatic rings. The summed E-state index contributed by atoms with van der Waals surface area (Å²) in [5, 5.41) is 34.9. The van der Waals surface area contributed by atoms with Gasteiger partial charge < -0.3 is 31.1 Å². The molecule has 4 rings (SSSR count). The first-order valence-corrected chi connectivity index (χ1v) is 11.8. The van der Waals surface area contributed by atoms with Crippen molar-refractivity contribution in [3.8, 4) is 0 Å². The number of aliphatic hydroxyl groups is 1. The quantitative estimate of drug-likeness (QED) is 0.294. The van der Waals surface area contributed by atoms with Crippen LogP contribution in [-0.4, -0.2) is 54.8 Å². The van der Waals surface area contributed by atoms with E-state index >= 15 is 0 Å². The highest BCUT2D eigenvalue weighted by atomic mass is 16.5. The van der Waals surface area contributed by atoms with Crippen LogP contribution in [0.15, 0.2) is 53.6 Å².